The fraction of sp³-hybridized carbons (Fsp3) is 0.462. The number of amides is 1. The van der Waals surface area contributed by atoms with Crippen molar-refractivity contribution in [1.82, 2.24) is 5.32 Å². The molecule has 1 atom stereocenters. The Morgan fingerprint density at radius 1 is 1.38 bits per heavy atom. The largest absolute Gasteiger partial charge is 0.355 e. The van der Waals surface area contributed by atoms with Crippen LogP contribution in [0.25, 0.3) is 0 Å². The quantitative estimate of drug-likeness (QED) is 0.842. The van der Waals surface area contributed by atoms with Crippen LogP contribution in [0.2, 0.25) is 0 Å². The maximum atomic E-state index is 11.9. The molecule has 1 N–H and O–H groups in total. The van der Waals surface area contributed by atoms with Gasteiger partial charge in [-0.15, -0.1) is 0 Å². The highest BCUT2D eigenvalue weighted by molar-refractivity contribution is 9.10. The molecule has 84 valence electrons. The van der Waals surface area contributed by atoms with E-state index in [0.717, 1.165) is 23.9 Å². The Labute approximate surface area is 104 Å². The van der Waals surface area contributed by atoms with E-state index in [4.69, 9.17) is 0 Å². The molecule has 1 aliphatic heterocycles. The molecule has 1 aliphatic carbocycles. The summed E-state index contributed by atoms with van der Waals surface area (Å²) in [5, 5.41) is 3.03. The van der Waals surface area contributed by atoms with Gasteiger partial charge in [-0.2, -0.15) is 0 Å². The Morgan fingerprint density at radius 2 is 2.19 bits per heavy atom. The zero-order chi connectivity index (χ0) is 11.2. The van der Waals surface area contributed by atoms with Crippen LogP contribution in [-0.2, 0) is 4.79 Å². The van der Waals surface area contributed by atoms with Crippen LogP contribution in [0.15, 0.2) is 28.7 Å². The molecule has 3 heteroatoms. The Hall–Kier alpha value is -0.830. The second-order valence-electron chi connectivity index (χ2n) is 4.83. The SMILES string of the molecule is O=C1NCC(c2cccc(Br)c2)C12CCC2. The number of carbonyl (C=O) groups is 1. The molecule has 2 nitrogen and oxygen atoms in total. The number of carbonyl (C=O) groups excluding carboxylic acids is 1. The summed E-state index contributed by atoms with van der Waals surface area (Å²) in [6, 6.07) is 8.36. The average molecular weight is 280 g/mol. The van der Waals surface area contributed by atoms with Crippen LogP contribution in [0.1, 0.15) is 30.7 Å². The van der Waals surface area contributed by atoms with Crippen LogP contribution in [0.4, 0.5) is 0 Å². The van der Waals surface area contributed by atoms with E-state index in [1.165, 1.54) is 12.0 Å². The molecule has 3 rings (SSSR count). The van der Waals surface area contributed by atoms with Gasteiger partial charge in [-0.25, -0.2) is 0 Å². The van der Waals surface area contributed by atoms with Crippen LogP contribution in [-0.4, -0.2) is 12.5 Å². The summed E-state index contributed by atoms with van der Waals surface area (Å²) < 4.78 is 1.10. The number of rotatable bonds is 1. The number of halogens is 1. The third-order valence-corrected chi connectivity index (χ3v) is 4.58. The molecular weight excluding hydrogens is 266 g/mol. The number of nitrogens with one attached hydrogen (secondary N) is 1. The highest BCUT2D eigenvalue weighted by Gasteiger charge is 2.54. The molecule has 1 amide bonds. The van der Waals surface area contributed by atoms with E-state index in [1.54, 1.807) is 0 Å². The lowest BCUT2D eigenvalue weighted by atomic mass is 9.61. The van der Waals surface area contributed by atoms with E-state index >= 15 is 0 Å². The van der Waals surface area contributed by atoms with Crippen molar-refractivity contribution in [3.05, 3.63) is 34.3 Å². The van der Waals surface area contributed by atoms with E-state index in [2.05, 4.69) is 39.4 Å². The van der Waals surface area contributed by atoms with Gasteiger partial charge in [0.15, 0.2) is 0 Å². The molecule has 1 saturated heterocycles. The Morgan fingerprint density at radius 3 is 2.81 bits per heavy atom. The molecule has 16 heavy (non-hydrogen) atoms. The zero-order valence-corrected chi connectivity index (χ0v) is 10.6. The van der Waals surface area contributed by atoms with Crippen molar-refractivity contribution >= 4 is 21.8 Å². The zero-order valence-electron chi connectivity index (χ0n) is 9.00. The van der Waals surface area contributed by atoms with E-state index in [9.17, 15) is 4.79 Å². The normalized spacial score (nSPS) is 26.6. The summed E-state index contributed by atoms with van der Waals surface area (Å²) in [5.74, 6) is 0.634. The van der Waals surface area contributed by atoms with Crippen molar-refractivity contribution in [2.75, 3.05) is 6.54 Å². The summed E-state index contributed by atoms with van der Waals surface area (Å²) in [5.41, 5.74) is 1.20. The minimum absolute atomic E-state index is 0.0825. The monoisotopic (exact) mass is 279 g/mol. The minimum atomic E-state index is -0.0825. The lowest BCUT2D eigenvalue weighted by molar-refractivity contribution is -0.132. The average Bonchev–Trinajstić information content (AvgIpc) is 2.55. The fourth-order valence-corrected chi connectivity index (χ4v) is 3.43. The molecule has 0 bridgehead atoms. The molecule has 0 aromatic heterocycles. The van der Waals surface area contributed by atoms with Crippen molar-refractivity contribution in [3.63, 3.8) is 0 Å². The number of hydrogen-bond acceptors (Lipinski definition) is 1. The predicted molar refractivity (Wildman–Crippen MR) is 66.2 cm³/mol. The maximum absolute atomic E-state index is 11.9. The van der Waals surface area contributed by atoms with E-state index in [-0.39, 0.29) is 11.3 Å². The van der Waals surface area contributed by atoms with Crippen LogP contribution >= 0.6 is 15.9 Å². The Balaban J connectivity index is 1.98. The van der Waals surface area contributed by atoms with Crippen molar-refractivity contribution in [1.29, 1.82) is 0 Å². The molecule has 0 radical (unpaired) electrons. The van der Waals surface area contributed by atoms with Crippen LogP contribution in [0, 0.1) is 5.41 Å². The summed E-state index contributed by atoms with van der Waals surface area (Å²) in [4.78, 5) is 11.9. The molecule has 1 aromatic rings. The van der Waals surface area contributed by atoms with Crippen LogP contribution in [0.5, 0.6) is 0 Å². The van der Waals surface area contributed by atoms with Crippen molar-refractivity contribution in [2.45, 2.75) is 25.2 Å². The summed E-state index contributed by atoms with van der Waals surface area (Å²) >= 11 is 3.50. The summed E-state index contributed by atoms with van der Waals surface area (Å²) in [6.45, 7) is 0.801. The van der Waals surface area contributed by atoms with Crippen LogP contribution in [0.3, 0.4) is 0 Å². The summed E-state index contributed by atoms with van der Waals surface area (Å²) in [7, 11) is 0. The standard InChI is InChI=1S/C13H14BrNO/c14-10-4-1-3-9(7-10)11-8-15-12(16)13(11)5-2-6-13/h1,3-4,7,11H,2,5-6,8H2,(H,15,16). The van der Waals surface area contributed by atoms with Gasteiger partial charge in [-0.05, 0) is 30.5 Å². The highest BCUT2D eigenvalue weighted by Crippen LogP contribution is 2.54. The smallest absolute Gasteiger partial charge is 0.226 e. The lowest BCUT2D eigenvalue weighted by Crippen LogP contribution is -2.40. The van der Waals surface area contributed by atoms with Gasteiger partial charge in [-0.3, -0.25) is 4.79 Å². The highest BCUT2D eigenvalue weighted by atomic mass is 79.9. The molecule has 1 saturated carbocycles. The van der Waals surface area contributed by atoms with Gasteiger partial charge in [0.2, 0.25) is 5.91 Å². The van der Waals surface area contributed by atoms with Gasteiger partial charge >= 0.3 is 0 Å². The first kappa shape index (κ1) is 10.3. The first-order valence-electron chi connectivity index (χ1n) is 5.76. The van der Waals surface area contributed by atoms with Gasteiger partial charge in [0.25, 0.3) is 0 Å². The molecule has 2 fully saturated rings. The van der Waals surface area contributed by atoms with Crippen molar-refractivity contribution in [3.8, 4) is 0 Å². The number of hydrogen-bond donors (Lipinski definition) is 1. The number of benzene rings is 1. The third kappa shape index (κ3) is 1.34. The summed E-state index contributed by atoms with van der Waals surface area (Å²) in [6.07, 6.45) is 3.30. The second-order valence-corrected chi connectivity index (χ2v) is 5.74. The van der Waals surface area contributed by atoms with E-state index < -0.39 is 0 Å². The predicted octanol–water partition coefficient (Wildman–Crippen LogP) is 2.83. The second kappa shape index (κ2) is 3.59. The van der Waals surface area contributed by atoms with E-state index in [0.29, 0.717) is 5.92 Å². The Kier molecular flexibility index (Phi) is 2.32. The fourth-order valence-electron chi connectivity index (χ4n) is 3.02. The van der Waals surface area contributed by atoms with Gasteiger partial charge in [0, 0.05) is 16.9 Å². The molecule has 1 heterocycles. The molecular formula is C13H14BrNO. The molecule has 1 spiro atoms. The van der Waals surface area contributed by atoms with Gasteiger partial charge in [0.1, 0.15) is 0 Å². The third-order valence-electron chi connectivity index (χ3n) is 4.08. The Bertz CT molecular complexity index is 439. The van der Waals surface area contributed by atoms with Gasteiger partial charge in [-0.1, -0.05) is 34.5 Å². The first-order valence-corrected chi connectivity index (χ1v) is 6.55. The van der Waals surface area contributed by atoms with Crippen LogP contribution < -0.4 is 5.32 Å². The van der Waals surface area contributed by atoms with E-state index in [1.807, 2.05) is 6.07 Å². The van der Waals surface area contributed by atoms with Crippen molar-refractivity contribution < 1.29 is 4.79 Å². The molecule has 1 aromatic carbocycles. The molecule has 2 aliphatic rings. The van der Waals surface area contributed by atoms with Gasteiger partial charge < -0.3 is 5.32 Å². The van der Waals surface area contributed by atoms with Gasteiger partial charge in [0.05, 0.1) is 5.41 Å². The van der Waals surface area contributed by atoms with Crippen molar-refractivity contribution in [2.24, 2.45) is 5.41 Å². The topological polar surface area (TPSA) is 29.1 Å². The first-order chi connectivity index (χ1) is 7.72. The lowest BCUT2D eigenvalue weighted by Gasteiger charge is -2.40. The minimum Gasteiger partial charge on any atom is -0.355 e. The maximum Gasteiger partial charge on any atom is 0.226 e. The molecule has 1 unspecified atom stereocenters.